The van der Waals surface area contributed by atoms with Crippen molar-refractivity contribution in [2.45, 2.75) is 21.8 Å². The number of carbonyl (C=O) groups is 3. The summed E-state index contributed by atoms with van der Waals surface area (Å²) in [6.45, 7) is 0. The summed E-state index contributed by atoms with van der Waals surface area (Å²) in [7, 11) is 1.28. The van der Waals surface area contributed by atoms with Crippen LogP contribution in [0.4, 0.5) is 5.13 Å². The standard InChI is InChI=1S/C15H15N9O5S3/c1-29-17-3-8(25)19-15(7-5-30-13(16)18-7)6(4-31-14-20-22-23-21-14)11(12(27)28)24-9(26)2-10(24)32-15/h3,5,10H,2,4H2,1H3,(H2,16,18)(H,19,25)(H,27,28)(H,20,21,22,23)/t10-,15?/m0/s1. The topological polar surface area (TPSA) is 202 Å². The maximum atomic E-state index is 12.7. The quantitative estimate of drug-likeness (QED) is 0.159. The molecule has 2 aliphatic heterocycles. The van der Waals surface area contributed by atoms with Crippen LogP contribution in [-0.4, -0.2) is 77.8 Å². The predicted octanol–water partition coefficient (Wildman–Crippen LogP) is -0.424. The number of hydrogen-bond acceptors (Lipinski definition) is 13. The molecule has 1 saturated heterocycles. The van der Waals surface area contributed by atoms with Crippen molar-refractivity contribution in [1.82, 2.24) is 35.8 Å². The fraction of sp³-hybridized carbons (Fsp3) is 0.333. The lowest BCUT2D eigenvalue weighted by molar-refractivity contribution is -0.146. The number of tetrazole rings is 1. The summed E-state index contributed by atoms with van der Waals surface area (Å²) in [5.41, 5.74) is 6.15. The first-order chi connectivity index (χ1) is 15.4. The maximum Gasteiger partial charge on any atom is 0.352 e. The molecule has 17 heteroatoms. The van der Waals surface area contributed by atoms with E-state index >= 15 is 0 Å². The molecule has 5 N–H and O–H groups in total. The lowest BCUT2D eigenvalue weighted by Crippen LogP contribution is -2.61. The molecule has 32 heavy (non-hydrogen) atoms. The van der Waals surface area contributed by atoms with Crippen LogP contribution in [0, 0.1) is 0 Å². The minimum absolute atomic E-state index is 0.0150. The Kier molecular flexibility index (Phi) is 6.02. The number of aromatic nitrogens is 5. The van der Waals surface area contributed by atoms with Crippen molar-refractivity contribution in [3.63, 3.8) is 0 Å². The molecule has 4 rings (SSSR count). The van der Waals surface area contributed by atoms with Gasteiger partial charge in [-0.15, -0.1) is 16.4 Å². The molecule has 168 valence electrons. The number of anilines is 1. The molecule has 0 aliphatic carbocycles. The van der Waals surface area contributed by atoms with Crippen LogP contribution in [0.3, 0.4) is 0 Å². The molecule has 2 aliphatic rings. The molecule has 2 aromatic rings. The summed E-state index contributed by atoms with van der Waals surface area (Å²) >= 11 is 3.43. The number of amides is 2. The van der Waals surface area contributed by atoms with Crippen molar-refractivity contribution in [1.29, 1.82) is 0 Å². The number of carboxylic acids is 1. The van der Waals surface area contributed by atoms with Crippen molar-refractivity contribution in [2.24, 2.45) is 5.16 Å². The van der Waals surface area contributed by atoms with E-state index in [1.54, 1.807) is 5.38 Å². The van der Waals surface area contributed by atoms with Crippen LogP contribution < -0.4 is 11.1 Å². The number of carbonyl (C=O) groups excluding carboxylic acids is 2. The van der Waals surface area contributed by atoms with Gasteiger partial charge in [0.25, 0.3) is 5.91 Å². The highest BCUT2D eigenvalue weighted by molar-refractivity contribution is 8.01. The Morgan fingerprint density at radius 3 is 3.00 bits per heavy atom. The molecule has 0 saturated carbocycles. The summed E-state index contributed by atoms with van der Waals surface area (Å²) < 4.78 is 0. The molecule has 1 fully saturated rings. The maximum absolute atomic E-state index is 12.7. The molecule has 1 unspecified atom stereocenters. The van der Waals surface area contributed by atoms with Gasteiger partial charge >= 0.3 is 5.97 Å². The Morgan fingerprint density at radius 1 is 1.59 bits per heavy atom. The smallest absolute Gasteiger partial charge is 0.352 e. The number of thiazole rings is 1. The van der Waals surface area contributed by atoms with Crippen LogP contribution in [0.2, 0.25) is 0 Å². The molecule has 0 radical (unpaired) electrons. The second kappa shape index (κ2) is 8.75. The predicted molar refractivity (Wildman–Crippen MR) is 114 cm³/mol. The average molecular weight is 498 g/mol. The normalized spacial score (nSPS) is 22.6. The molecule has 2 atom stereocenters. The first-order valence-corrected chi connectivity index (χ1v) is 11.5. The van der Waals surface area contributed by atoms with Gasteiger partial charge in [-0.2, -0.15) is 0 Å². The van der Waals surface area contributed by atoms with Crippen LogP contribution in [0.25, 0.3) is 0 Å². The number of nitrogen functional groups attached to an aromatic ring is 1. The number of fused-ring (bicyclic) bond motifs is 1. The Hall–Kier alpha value is -3.18. The molecule has 0 aromatic carbocycles. The fourth-order valence-electron chi connectivity index (χ4n) is 3.23. The van der Waals surface area contributed by atoms with Crippen LogP contribution in [0.5, 0.6) is 0 Å². The zero-order valence-corrected chi connectivity index (χ0v) is 18.7. The van der Waals surface area contributed by atoms with E-state index < -0.39 is 22.1 Å². The number of H-pyrrole nitrogens is 1. The van der Waals surface area contributed by atoms with E-state index in [4.69, 9.17) is 5.73 Å². The van der Waals surface area contributed by atoms with Gasteiger partial charge in [-0.3, -0.25) is 14.5 Å². The summed E-state index contributed by atoms with van der Waals surface area (Å²) in [5.74, 6) is -2.29. The minimum Gasteiger partial charge on any atom is -0.477 e. The molecule has 2 amide bonds. The Labute approximate surface area is 192 Å². The number of aromatic amines is 1. The molecule has 2 aromatic heterocycles. The van der Waals surface area contributed by atoms with Crippen LogP contribution in [0.1, 0.15) is 12.1 Å². The highest BCUT2D eigenvalue weighted by Crippen LogP contribution is 2.54. The van der Waals surface area contributed by atoms with E-state index in [9.17, 15) is 19.5 Å². The average Bonchev–Trinajstić information content (AvgIpc) is 3.42. The molecule has 0 spiro atoms. The van der Waals surface area contributed by atoms with Crippen molar-refractivity contribution in [3.8, 4) is 0 Å². The van der Waals surface area contributed by atoms with E-state index in [-0.39, 0.29) is 34.5 Å². The van der Waals surface area contributed by atoms with Gasteiger partial charge in [0.15, 0.2) is 10.0 Å². The number of aliphatic carboxylic acids is 1. The van der Waals surface area contributed by atoms with Crippen molar-refractivity contribution < 1.29 is 24.3 Å². The van der Waals surface area contributed by atoms with Crippen LogP contribution >= 0.6 is 34.9 Å². The fourth-order valence-corrected chi connectivity index (χ4v) is 6.50. The highest BCUT2D eigenvalue weighted by atomic mass is 32.2. The Morgan fingerprint density at radius 2 is 2.41 bits per heavy atom. The number of thioether (sulfide) groups is 2. The van der Waals surface area contributed by atoms with Gasteiger partial charge in [0.05, 0.1) is 17.5 Å². The second-order valence-corrected chi connectivity index (χ2v) is 9.57. The molecule has 4 heterocycles. The molecule has 14 nitrogen and oxygen atoms in total. The van der Waals surface area contributed by atoms with Crippen molar-refractivity contribution >= 4 is 64.0 Å². The van der Waals surface area contributed by atoms with E-state index in [0.29, 0.717) is 10.9 Å². The Balaban J connectivity index is 1.88. The largest absolute Gasteiger partial charge is 0.477 e. The molecule has 0 bridgehead atoms. The zero-order valence-electron chi connectivity index (χ0n) is 16.2. The van der Waals surface area contributed by atoms with Crippen molar-refractivity contribution in [2.75, 3.05) is 18.6 Å². The molecular weight excluding hydrogens is 482 g/mol. The van der Waals surface area contributed by atoms with Gasteiger partial charge < -0.3 is 21.0 Å². The number of β-lactam (4-membered cyclic amide) rings is 1. The van der Waals surface area contributed by atoms with Gasteiger partial charge in [0.1, 0.15) is 19.0 Å². The SMILES string of the molecule is CON=CC(=O)NC1(c2csc(N)n2)S[C@H]2CC(=O)N2C(C(=O)O)=C1CSc1nnn[nH]1. The summed E-state index contributed by atoms with van der Waals surface area (Å²) in [6.07, 6.45) is 1.03. The lowest BCUT2D eigenvalue weighted by Gasteiger charge is -2.51. The first-order valence-electron chi connectivity index (χ1n) is 8.79. The number of carboxylic acid groups (broad SMARTS) is 1. The Bertz CT molecular complexity index is 1120. The third-order valence-electron chi connectivity index (χ3n) is 4.51. The number of nitrogens with one attached hydrogen (secondary N) is 2. The monoisotopic (exact) mass is 497 g/mol. The second-order valence-electron chi connectivity index (χ2n) is 6.33. The third kappa shape index (κ3) is 3.89. The lowest BCUT2D eigenvalue weighted by atomic mass is 9.98. The number of rotatable bonds is 8. The number of nitrogens with zero attached hydrogens (tertiary/aromatic N) is 6. The van der Waals surface area contributed by atoms with Gasteiger partial charge in [-0.05, 0) is 10.4 Å². The van der Waals surface area contributed by atoms with Gasteiger partial charge in [-0.25, -0.2) is 14.9 Å². The van der Waals surface area contributed by atoms with Crippen molar-refractivity contribution in [3.05, 3.63) is 22.3 Å². The van der Waals surface area contributed by atoms with Crippen LogP contribution in [0.15, 0.2) is 27.0 Å². The third-order valence-corrected chi connectivity index (χ3v) is 7.62. The van der Waals surface area contributed by atoms with E-state index in [2.05, 4.69) is 40.9 Å². The molecular formula is C15H15N9O5S3. The van der Waals surface area contributed by atoms with Gasteiger partial charge in [0, 0.05) is 16.7 Å². The summed E-state index contributed by atoms with van der Waals surface area (Å²) in [4.78, 5) is 46.0. The summed E-state index contributed by atoms with van der Waals surface area (Å²) in [6, 6.07) is 0. The van der Waals surface area contributed by atoms with E-state index in [1.165, 1.54) is 23.8 Å². The first kappa shape index (κ1) is 22.0. The van der Waals surface area contributed by atoms with Crippen LogP contribution in [-0.2, 0) is 24.1 Å². The number of oxime groups is 1. The van der Waals surface area contributed by atoms with Gasteiger partial charge in [-0.1, -0.05) is 28.7 Å². The number of hydrogen-bond donors (Lipinski definition) is 4. The highest BCUT2D eigenvalue weighted by Gasteiger charge is 2.56. The van der Waals surface area contributed by atoms with Gasteiger partial charge in [0.2, 0.25) is 11.1 Å². The van der Waals surface area contributed by atoms with E-state index in [1.807, 2.05) is 0 Å². The minimum atomic E-state index is -1.44. The van der Waals surface area contributed by atoms with E-state index in [0.717, 1.165) is 29.3 Å². The number of nitrogens with two attached hydrogens (primary N) is 1. The summed E-state index contributed by atoms with van der Waals surface area (Å²) in [5, 5.41) is 31.4. The zero-order chi connectivity index (χ0) is 22.9.